The van der Waals surface area contributed by atoms with Crippen LogP contribution in [0.5, 0.6) is 5.75 Å². The molecule has 3 rings (SSSR count). The molecule has 2 aromatic carbocycles. The number of primary sulfonamides is 1. The maximum Gasteiger partial charge on any atom is 0.435 e. The highest BCUT2D eigenvalue weighted by molar-refractivity contribution is 7.89. The molecule has 28 heavy (non-hydrogen) atoms. The predicted molar refractivity (Wildman–Crippen MR) is 96.7 cm³/mol. The van der Waals surface area contributed by atoms with Crippen LogP contribution < -0.4 is 9.88 Å². The van der Waals surface area contributed by atoms with Crippen LogP contribution >= 0.6 is 0 Å². The van der Waals surface area contributed by atoms with Gasteiger partial charge in [0, 0.05) is 11.1 Å². The second kappa shape index (κ2) is 6.95. The molecule has 2 N–H and O–H groups in total. The van der Waals surface area contributed by atoms with E-state index in [0.29, 0.717) is 11.3 Å². The van der Waals surface area contributed by atoms with Crippen molar-refractivity contribution >= 4 is 10.0 Å². The largest absolute Gasteiger partial charge is 0.497 e. The normalized spacial score (nSPS) is 12.2. The first kappa shape index (κ1) is 19.9. The summed E-state index contributed by atoms with van der Waals surface area (Å²) in [4.78, 5) is -0.151. The maximum atomic E-state index is 13.4. The molecule has 0 aliphatic rings. The van der Waals surface area contributed by atoms with Crippen LogP contribution in [0.15, 0.2) is 53.4 Å². The van der Waals surface area contributed by atoms with E-state index < -0.39 is 21.9 Å². The number of nitrogens with zero attached hydrogens (tertiary/aromatic N) is 2. The zero-order valence-electron chi connectivity index (χ0n) is 14.9. The highest BCUT2D eigenvalue weighted by Crippen LogP contribution is 2.37. The van der Waals surface area contributed by atoms with Gasteiger partial charge >= 0.3 is 6.18 Å². The minimum Gasteiger partial charge on any atom is -0.497 e. The summed E-state index contributed by atoms with van der Waals surface area (Å²) >= 11 is 0. The predicted octanol–water partition coefficient (Wildman–Crippen LogP) is 3.52. The topological polar surface area (TPSA) is 87.2 Å². The van der Waals surface area contributed by atoms with Crippen molar-refractivity contribution in [3.63, 3.8) is 0 Å². The lowest BCUT2D eigenvalue weighted by atomic mass is 10.1. The fraction of sp³-hybridized carbons (Fsp3) is 0.167. The standard InChI is InChI=1S/C18H16F3N3O3S/c1-11-16(12-3-7-14(27-2)8-4-12)24(23-17(11)18(19,20)21)13-5-9-15(10-6-13)28(22,25)26/h3-10H,1-2H3,(H2,22,25,26). The van der Waals surface area contributed by atoms with Gasteiger partial charge in [0.05, 0.1) is 23.4 Å². The van der Waals surface area contributed by atoms with Crippen molar-refractivity contribution in [1.82, 2.24) is 9.78 Å². The Balaban J connectivity index is 2.22. The molecular weight excluding hydrogens is 395 g/mol. The van der Waals surface area contributed by atoms with Gasteiger partial charge in [-0.25, -0.2) is 18.2 Å². The lowest BCUT2D eigenvalue weighted by Crippen LogP contribution is -2.12. The van der Waals surface area contributed by atoms with Gasteiger partial charge in [-0.1, -0.05) is 0 Å². The number of hydrogen-bond acceptors (Lipinski definition) is 4. The van der Waals surface area contributed by atoms with Crippen LogP contribution in [0.4, 0.5) is 13.2 Å². The van der Waals surface area contributed by atoms with Crippen LogP contribution in [0.25, 0.3) is 16.9 Å². The molecular formula is C18H16F3N3O3S. The highest BCUT2D eigenvalue weighted by Gasteiger charge is 2.38. The van der Waals surface area contributed by atoms with E-state index >= 15 is 0 Å². The molecule has 0 aliphatic heterocycles. The van der Waals surface area contributed by atoms with Gasteiger partial charge in [0.1, 0.15) is 5.75 Å². The molecule has 6 nitrogen and oxygen atoms in total. The van der Waals surface area contributed by atoms with Gasteiger partial charge in [0.15, 0.2) is 5.69 Å². The quantitative estimate of drug-likeness (QED) is 0.712. The minimum atomic E-state index is -4.64. The van der Waals surface area contributed by atoms with Crippen LogP contribution in [0.2, 0.25) is 0 Å². The van der Waals surface area contributed by atoms with E-state index in [9.17, 15) is 21.6 Å². The highest BCUT2D eigenvalue weighted by atomic mass is 32.2. The summed E-state index contributed by atoms with van der Waals surface area (Å²) < 4.78 is 69.3. The Hall–Kier alpha value is -2.85. The molecule has 0 fully saturated rings. The Morgan fingerprint density at radius 1 is 1.04 bits per heavy atom. The van der Waals surface area contributed by atoms with E-state index in [0.717, 1.165) is 4.68 Å². The van der Waals surface area contributed by atoms with Crippen LogP contribution in [0.3, 0.4) is 0 Å². The fourth-order valence-electron chi connectivity index (χ4n) is 2.82. The third-order valence-electron chi connectivity index (χ3n) is 4.16. The first-order valence-electron chi connectivity index (χ1n) is 7.97. The molecule has 0 spiro atoms. The summed E-state index contributed by atoms with van der Waals surface area (Å²) in [5, 5.41) is 8.81. The lowest BCUT2D eigenvalue weighted by Gasteiger charge is -2.10. The number of ether oxygens (including phenoxy) is 1. The second-order valence-corrected chi connectivity index (χ2v) is 7.56. The number of nitrogens with two attached hydrogens (primary N) is 1. The molecule has 0 atom stereocenters. The summed E-state index contributed by atoms with van der Waals surface area (Å²) in [6.07, 6.45) is -4.64. The lowest BCUT2D eigenvalue weighted by molar-refractivity contribution is -0.141. The van der Waals surface area contributed by atoms with E-state index in [1.807, 2.05) is 0 Å². The van der Waals surface area contributed by atoms with Gasteiger partial charge in [-0.05, 0) is 55.5 Å². The fourth-order valence-corrected chi connectivity index (χ4v) is 3.33. The van der Waals surface area contributed by atoms with Gasteiger partial charge in [0.25, 0.3) is 0 Å². The van der Waals surface area contributed by atoms with Gasteiger partial charge in [-0.15, -0.1) is 0 Å². The number of halogens is 3. The molecule has 0 saturated carbocycles. The monoisotopic (exact) mass is 411 g/mol. The molecule has 0 aliphatic carbocycles. The maximum absolute atomic E-state index is 13.4. The van der Waals surface area contributed by atoms with Crippen molar-refractivity contribution in [2.24, 2.45) is 5.14 Å². The number of aromatic nitrogens is 2. The van der Waals surface area contributed by atoms with Gasteiger partial charge in [0.2, 0.25) is 10.0 Å². The van der Waals surface area contributed by atoms with Gasteiger partial charge in [-0.2, -0.15) is 18.3 Å². The number of sulfonamides is 1. The SMILES string of the molecule is COc1ccc(-c2c(C)c(C(F)(F)F)nn2-c2ccc(S(N)(=O)=O)cc2)cc1. The zero-order valence-corrected chi connectivity index (χ0v) is 15.7. The van der Waals surface area contributed by atoms with E-state index in [1.165, 1.54) is 38.3 Å². The first-order valence-corrected chi connectivity index (χ1v) is 9.51. The number of alkyl halides is 3. The molecule has 1 aromatic heterocycles. The Kier molecular flexibility index (Phi) is 4.94. The van der Waals surface area contributed by atoms with Gasteiger partial charge in [-0.3, -0.25) is 0 Å². The summed E-state index contributed by atoms with van der Waals surface area (Å²) in [5.41, 5.74) is -0.0750. The number of benzene rings is 2. The minimum absolute atomic E-state index is 0.0480. The van der Waals surface area contributed by atoms with Crippen molar-refractivity contribution in [3.05, 3.63) is 59.8 Å². The molecule has 0 amide bonds. The Morgan fingerprint density at radius 2 is 1.61 bits per heavy atom. The van der Waals surface area contributed by atoms with E-state index in [1.54, 1.807) is 24.3 Å². The summed E-state index contributed by atoms with van der Waals surface area (Å²) in [5.74, 6) is 0.556. The smallest absolute Gasteiger partial charge is 0.435 e. The summed E-state index contributed by atoms with van der Waals surface area (Å²) in [7, 11) is -2.44. The molecule has 0 saturated heterocycles. The van der Waals surface area contributed by atoms with E-state index in [-0.39, 0.29) is 21.8 Å². The molecule has 3 aromatic rings. The van der Waals surface area contributed by atoms with E-state index in [4.69, 9.17) is 9.88 Å². The van der Waals surface area contributed by atoms with Crippen molar-refractivity contribution in [1.29, 1.82) is 0 Å². The first-order chi connectivity index (χ1) is 13.0. The van der Waals surface area contributed by atoms with Crippen LogP contribution in [0, 0.1) is 6.92 Å². The summed E-state index contributed by atoms with van der Waals surface area (Å²) in [6, 6.07) is 11.6. The Morgan fingerprint density at radius 3 is 2.07 bits per heavy atom. The van der Waals surface area contributed by atoms with Crippen molar-refractivity contribution < 1.29 is 26.3 Å². The number of methoxy groups -OCH3 is 1. The van der Waals surface area contributed by atoms with E-state index in [2.05, 4.69) is 5.10 Å². The molecule has 1 heterocycles. The van der Waals surface area contributed by atoms with Crippen molar-refractivity contribution in [3.8, 4) is 22.7 Å². The third-order valence-corrected chi connectivity index (χ3v) is 5.09. The zero-order chi connectivity index (χ0) is 20.7. The Bertz CT molecular complexity index is 1100. The molecule has 148 valence electrons. The second-order valence-electron chi connectivity index (χ2n) is 6.00. The third kappa shape index (κ3) is 3.73. The molecule has 10 heteroatoms. The number of hydrogen-bond donors (Lipinski definition) is 1. The molecule has 0 unspecified atom stereocenters. The molecule has 0 bridgehead atoms. The van der Waals surface area contributed by atoms with Crippen LogP contribution in [-0.2, 0) is 16.2 Å². The average Bonchev–Trinajstić information content (AvgIpc) is 2.99. The average molecular weight is 411 g/mol. The summed E-state index contributed by atoms with van der Waals surface area (Å²) in [6.45, 7) is 1.34. The Labute approximate surface area is 159 Å². The van der Waals surface area contributed by atoms with Gasteiger partial charge < -0.3 is 4.74 Å². The van der Waals surface area contributed by atoms with Crippen molar-refractivity contribution in [2.45, 2.75) is 18.0 Å². The molecule has 0 radical (unpaired) electrons. The van der Waals surface area contributed by atoms with Crippen LogP contribution in [-0.4, -0.2) is 25.3 Å². The van der Waals surface area contributed by atoms with Crippen molar-refractivity contribution in [2.75, 3.05) is 7.11 Å². The van der Waals surface area contributed by atoms with Crippen LogP contribution in [0.1, 0.15) is 11.3 Å². The number of rotatable bonds is 4.